The van der Waals surface area contributed by atoms with Gasteiger partial charge in [0.1, 0.15) is 18.1 Å². The lowest BCUT2D eigenvalue weighted by Gasteiger charge is -2.25. The molecular formula is C17H18N4O3S. The number of fused-ring (bicyclic) bond motifs is 1. The average Bonchev–Trinajstić information content (AvgIpc) is 3.28. The Kier molecular flexibility index (Phi) is 3.91. The summed E-state index contributed by atoms with van der Waals surface area (Å²) in [4.78, 5) is 45.4. The monoisotopic (exact) mass is 358 g/mol. The second kappa shape index (κ2) is 6.11. The number of urea groups is 1. The molecule has 1 aromatic heterocycles. The molecule has 0 N–H and O–H groups in total. The lowest BCUT2D eigenvalue weighted by Crippen LogP contribution is -2.43. The van der Waals surface area contributed by atoms with E-state index in [0.29, 0.717) is 6.54 Å². The molecule has 2 aromatic rings. The van der Waals surface area contributed by atoms with Crippen LogP contribution in [-0.4, -0.2) is 64.2 Å². The lowest BCUT2D eigenvalue weighted by atomic mass is 10.2. The lowest BCUT2D eigenvalue weighted by molar-refractivity contribution is -0.137. The molecule has 2 aliphatic rings. The fraction of sp³-hybridized carbons (Fsp3) is 0.412. The molecule has 0 bridgehead atoms. The molecule has 4 rings (SSSR count). The first-order valence-corrected chi connectivity index (χ1v) is 9.06. The van der Waals surface area contributed by atoms with Crippen LogP contribution in [0.4, 0.5) is 4.79 Å². The van der Waals surface area contributed by atoms with Crippen LogP contribution in [0.3, 0.4) is 0 Å². The average molecular weight is 358 g/mol. The highest BCUT2D eigenvalue weighted by molar-refractivity contribution is 7.18. The fourth-order valence-electron chi connectivity index (χ4n) is 3.41. The van der Waals surface area contributed by atoms with E-state index in [1.807, 2.05) is 24.3 Å². The van der Waals surface area contributed by atoms with Crippen molar-refractivity contribution in [2.45, 2.75) is 18.9 Å². The summed E-state index contributed by atoms with van der Waals surface area (Å²) < 4.78 is 1.10. The Balaban J connectivity index is 1.54. The van der Waals surface area contributed by atoms with Crippen molar-refractivity contribution in [2.24, 2.45) is 0 Å². The van der Waals surface area contributed by atoms with E-state index in [1.54, 1.807) is 23.3 Å². The van der Waals surface area contributed by atoms with Gasteiger partial charge in [0, 0.05) is 13.6 Å². The topological polar surface area (TPSA) is 73.8 Å². The third-order valence-electron chi connectivity index (χ3n) is 4.69. The Bertz CT molecular complexity index is 831. The summed E-state index contributed by atoms with van der Waals surface area (Å²) in [6.07, 6.45) is 1.75. The summed E-state index contributed by atoms with van der Waals surface area (Å²) in [7, 11) is 1.56. The number of imide groups is 1. The van der Waals surface area contributed by atoms with E-state index in [9.17, 15) is 14.4 Å². The summed E-state index contributed by atoms with van der Waals surface area (Å²) in [5, 5.41) is 0.920. The van der Waals surface area contributed by atoms with Crippen molar-refractivity contribution >= 4 is 39.4 Å². The number of thiazole rings is 1. The summed E-state index contributed by atoms with van der Waals surface area (Å²) in [6, 6.07) is 7.43. The number of hydrogen-bond acceptors (Lipinski definition) is 5. The van der Waals surface area contributed by atoms with Crippen molar-refractivity contribution in [1.82, 2.24) is 19.7 Å². The number of carbonyl (C=O) groups is 3. The van der Waals surface area contributed by atoms with Crippen LogP contribution in [0.2, 0.25) is 0 Å². The van der Waals surface area contributed by atoms with Gasteiger partial charge in [-0.3, -0.25) is 14.5 Å². The minimum atomic E-state index is -0.408. The number of hydrogen-bond donors (Lipinski definition) is 0. The van der Waals surface area contributed by atoms with Crippen LogP contribution in [0.1, 0.15) is 23.9 Å². The van der Waals surface area contributed by atoms with Gasteiger partial charge in [-0.1, -0.05) is 12.1 Å². The Morgan fingerprint density at radius 2 is 2.12 bits per heavy atom. The maximum Gasteiger partial charge on any atom is 0.327 e. The summed E-state index contributed by atoms with van der Waals surface area (Å²) in [5.41, 5.74) is 0.938. The molecule has 3 heterocycles. The van der Waals surface area contributed by atoms with E-state index in [-0.39, 0.29) is 30.9 Å². The number of benzene rings is 1. The smallest absolute Gasteiger partial charge is 0.327 e. The second-order valence-electron chi connectivity index (χ2n) is 6.38. The number of likely N-dealkylation sites (tertiary alicyclic amines) is 1. The first-order valence-electron chi connectivity index (χ1n) is 8.25. The number of carbonyl (C=O) groups excluding carboxylic acids is 3. The molecule has 2 aliphatic heterocycles. The van der Waals surface area contributed by atoms with Crippen molar-refractivity contribution in [1.29, 1.82) is 0 Å². The standard InChI is InChI=1S/C17H18N4O3S/c1-19-9-14(22)21(17(19)24)10-15(23)20-8-4-6-12(20)16-18-11-5-2-3-7-13(11)25-16/h2-3,5,7,12H,4,6,8-10H2,1H3. The van der Waals surface area contributed by atoms with Gasteiger partial charge >= 0.3 is 6.03 Å². The van der Waals surface area contributed by atoms with Crippen LogP contribution >= 0.6 is 11.3 Å². The molecule has 0 spiro atoms. The van der Waals surface area contributed by atoms with E-state index < -0.39 is 6.03 Å². The highest BCUT2D eigenvalue weighted by atomic mass is 32.1. The maximum atomic E-state index is 12.7. The zero-order chi connectivity index (χ0) is 17.6. The van der Waals surface area contributed by atoms with E-state index in [0.717, 1.165) is 33.0 Å². The Labute approximate surface area is 148 Å². The molecule has 25 heavy (non-hydrogen) atoms. The number of amides is 4. The van der Waals surface area contributed by atoms with Crippen LogP contribution in [0.5, 0.6) is 0 Å². The molecule has 4 amide bonds. The Morgan fingerprint density at radius 3 is 2.84 bits per heavy atom. The van der Waals surface area contributed by atoms with Crippen LogP contribution in [0, 0.1) is 0 Å². The van der Waals surface area contributed by atoms with Crippen LogP contribution < -0.4 is 0 Å². The maximum absolute atomic E-state index is 12.7. The molecule has 2 saturated heterocycles. The zero-order valence-corrected chi connectivity index (χ0v) is 14.7. The Morgan fingerprint density at radius 1 is 1.32 bits per heavy atom. The van der Waals surface area contributed by atoms with Gasteiger partial charge in [0.15, 0.2) is 0 Å². The minimum Gasteiger partial charge on any atom is -0.332 e. The van der Waals surface area contributed by atoms with Gasteiger partial charge in [0.05, 0.1) is 16.3 Å². The Hall–Kier alpha value is -2.48. The molecular weight excluding hydrogens is 340 g/mol. The zero-order valence-electron chi connectivity index (χ0n) is 13.8. The fourth-order valence-corrected chi connectivity index (χ4v) is 4.52. The van der Waals surface area contributed by atoms with E-state index in [1.165, 1.54) is 4.90 Å². The highest BCUT2D eigenvalue weighted by Gasteiger charge is 2.38. The number of para-hydroxylation sites is 1. The van der Waals surface area contributed by atoms with E-state index in [4.69, 9.17) is 0 Å². The van der Waals surface area contributed by atoms with Crippen molar-refractivity contribution in [3.63, 3.8) is 0 Å². The van der Waals surface area contributed by atoms with Crippen LogP contribution in [-0.2, 0) is 9.59 Å². The summed E-state index contributed by atoms with van der Waals surface area (Å²) >= 11 is 1.60. The van der Waals surface area contributed by atoms with Crippen LogP contribution in [0.15, 0.2) is 24.3 Å². The summed E-state index contributed by atoms with van der Waals surface area (Å²) in [5.74, 6) is -0.518. The molecule has 7 nitrogen and oxygen atoms in total. The first-order chi connectivity index (χ1) is 12.0. The van der Waals surface area contributed by atoms with Gasteiger partial charge < -0.3 is 9.80 Å². The second-order valence-corrected chi connectivity index (χ2v) is 7.45. The van der Waals surface area contributed by atoms with Crippen molar-refractivity contribution in [3.05, 3.63) is 29.3 Å². The normalized spacial score (nSPS) is 21.0. The molecule has 1 unspecified atom stereocenters. The van der Waals surface area contributed by atoms with Crippen LogP contribution in [0.25, 0.3) is 10.2 Å². The third-order valence-corrected chi connectivity index (χ3v) is 5.83. The number of likely N-dealkylation sites (N-methyl/N-ethyl adjacent to an activating group) is 1. The van der Waals surface area contributed by atoms with Gasteiger partial charge in [0.25, 0.3) is 5.91 Å². The van der Waals surface area contributed by atoms with Crippen molar-refractivity contribution in [3.8, 4) is 0 Å². The van der Waals surface area contributed by atoms with E-state index in [2.05, 4.69) is 4.98 Å². The molecule has 8 heteroatoms. The van der Waals surface area contributed by atoms with Crippen molar-refractivity contribution < 1.29 is 14.4 Å². The molecule has 130 valence electrons. The quantitative estimate of drug-likeness (QED) is 0.785. The first kappa shape index (κ1) is 16.0. The molecule has 0 radical (unpaired) electrons. The predicted molar refractivity (Wildman–Crippen MR) is 93.0 cm³/mol. The highest BCUT2D eigenvalue weighted by Crippen LogP contribution is 2.36. The van der Waals surface area contributed by atoms with Gasteiger partial charge in [0.2, 0.25) is 5.91 Å². The number of rotatable bonds is 3. The van der Waals surface area contributed by atoms with Crippen molar-refractivity contribution in [2.75, 3.05) is 26.7 Å². The molecule has 0 saturated carbocycles. The predicted octanol–water partition coefficient (Wildman–Crippen LogP) is 1.85. The van der Waals surface area contributed by atoms with Gasteiger partial charge in [-0.05, 0) is 25.0 Å². The molecule has 1 aromatic carbocycles. The van der Waals surface area contributed by atoms with Gasteiger partial charge in [-0.15, -0.1) is 11.3 Å². The molecule has 1 atom stereocenters. The summed E-state index contributed by atoms with van der Waals surface area (Å²) in [6.45, 7) is 0.475. The molecule has 2 fully saturated rings. The number of nitrogens with zero attached hydrogens (tertiary/aromatic N) is 4. The number of aromatic nitrogens is 1. The SMILES string of the molecule is CN1CC(=O)N(CC(=O)N2CCCC2c2nc3ccccc3s2)C1=O. The largest absolute Gasteiger partial charge is 0.332 e. The minimum absolute atomic E-state index is 0.0351. The van der Waals surface area contributed by atoms with Gasteiger partial charge in [-0.25, -0.2) is 9.78 Å². The third kappa shape index (κ3) is 2.76. The van der Waals surface area contributed by atoms with Gasteiger partial charge in [-0.2, -0.15) is 0 Å². The van der Waals surface area contributed by atoms with E-state index >= 15 is 0 Å². The molecule has 0 aliphatic carbocycles.